The second-order valence-electron chi connectivity index (χ2n) is 6.26. The van der Waals surface area contributed by atoms with Crippen LogP contribution in [-0.2, 0) is 14.3 Å². The quantitative estimate of drug-likeness (QED) is 0.856. The highest BCUT2D eigenvalue weighted by Gasteiger charge is 2.45. The molecular weight excluding hydrogens is 340 g/mol. The zero-order valence-corrected chi connectivity index (χ0v) is 14.9. The average Bonchev–Trinajstić information content (AvgIpc) is 3.10. The summed E-state index contributed by atoms with van der Waals surface area (Å²) in [5.41, 5.74) is 0.432. The number of anilines is 2. The third-order valence-electron chi connectivity index (χ3n) is 4.12. The number of nitrogens with zero attached hydrogens (tertiary/aromatic N) is 1. The smallest absolute Gasteiger partial charge is 0.339 e. The minimum atomic E-state index is -1.10. The maximum absolute atomic E-state index is 13.0. The molecule has 0 bridgehead atoms. The fourth-order valence-electron chi connectivity index (χ4n) is 2.69. The summed E-state index contributed by atoms with van der Waals surface area (Å²) >= 11 is 1.37. The fourth-order valence-corrected chi connectivity index (χ4v) is 3.31. The van der Waals surface area contributed by atoms with Gasteiger partial charge >= 0.3 is 5.97 Å². The molecule has 7 heteroatoms. The van der Waals surface area contributed by atoms with Crippen LogP contribution in [0.3, 0.4) is 0 Å². The Labute approximate surface area is 149 Å². The molecule has 0 radical (unpaired) electrons. The topological polar surface area (TPSA) is 75.7 Å². The van der Waals surface area contributed by atoms with E-state index >= 15 is 0 Å². The van der Waals surface area contributed by atoms with Crippen molar-refractivity contribution in [1.29, 1.82) is 0 Å². The van der Waals surface area contributed by atoms with Gasteiger partial charge in [-0.1, -0.05) is 12.1 Å². The highest BCUT2D eigenvalue weighted by atomic mass is 32.1. The van der Waals surface area contributed by atoms with Gasteiger partial charge in [-0.15, -0.1) is 0 Å². The van der Waals surface area contributed by atoms with E-state index in [1.165, 1.54) is 23.2 Å². The maximum Gasteiger partial charge on any atom is 0.339 e. The summed E-state index contributed by atoms with van der Waals surface area (Å²) in [6.45, 7) is 4.82. The Kier molecular flexibility index (Phi) is 4.34. The molecule has 1 aliphatic heterocycles. The van der Waals surface area contributed by atoms with Crippen molar-refractivity contribution in [1.82, 2.24) is 0 Å². The van der Waals surface area contributed by atoms with E-state index in [0.717, 1.165) is 0 Å². The van der Waals surface area contributed by atoms with Gasteiger partial charge in [-0.2, -0.15) is 11.3 Å². The molecular formula is C18H18N2O4S. The molecule has 1 N–H and O–H groups in total. The van der Waals surface area contributed by atoms with Crippen molar-refractivity contribution in [2.45, 2.75) is 32.4 Å². The molecule has 130 valence electrons. The van der Waals surface area contributed by atoms with Crippen molar-refractivity contribution in [2.75, 3.05) is 10.2 Å². The van der Waals surface area contributed by atoms with Crippen LogP contribution in [0.5, 0.6) is 0 Å². The molecule has 0 fully saturated rings. The summed E-state index contributed by atoms with van der Waals surface area (Å²) in [4.78, 5) is 38.9. The van der Waals surface area contributed by atoms with Gasteiger partial charge in [-0.3, -0.25) is 14.5 Å². The highest BCUT2D eigenvalue weighted by molar-refractivity contribution is 7.08. The molecule has 2 amide bonds. The molecule has 2 heterocycles. The summed E-state index contributed by atoms with van der Waals surface area (Å²) in [6, 6.07) is 8.68. The largest absolute Gasteiger partial charge is 0.449 e. The van der Waals surface area contributed by atoms with Gasteiger partial charge in [0.05, 0.1) is 16.9 Å². The SMILES string of the molecule is C[C@@H](OC(=O)c1ccsc1)C(=O)N1c2ccccc2NC(=O)C1(C)C. The first-order valence-electron chi connectivity index (χ1n) is 7.80. The van der Waals surface area contributed by atoms with Crippen LogP contribution in [0.2, 0.25) is 0 Å². The molecule has 1 aliphatic rings. The van der Waals surface area contributed by atoms with E-state index in [9.17, 15) is 14.4 Å². The Morgan fingerprint density at radius 2 is 1.96 bits per heavy atom. The van der Waals surface area contributed by atoms with E-state index in [1.807, 2.05) is 0 Å². The van der Waals surface area contributed by atoms with Gasteiger partial charge in [0, 0.05) is 5.38 Å². The number of benzene rings is 1. The lowest BCUT2D eigenvalue weighted by atomic mass is 9.95. The van der Waals surface area contributed by atoms with E-state index in [-0.39, 0.29) is 5.91 Å². The van der Waals surface area contributed by atoms with Crippen LogP contribution >= 0.6 is 11.3 Å². The Hall–Kier alpha value is -2.67. The molecule has 1 atom stereocenters. The van der Waals surface area contributed by atoms with Crippen molar-refractivity contribution in [3.05, 3.63) is 46.7 Å². The number of carbonyl (C=O) groups excluding carboxylic acids is 3. The minimum absolute atomic E-state index is 0.295. The standard InChI is InChI=1S/C18H18N2O4S/c1-11(24-16(22)12-8-9-25-10-12)15(21)20-14-7-5-4-6-13(14)19-17(23)18(20,2)3/h4-11H,1-3H3,(H,19,23)/t11-/m1/s1. The van der Waals surface area contributed by atoms with E-state index < -0.39 is 23.5 Å². The number of hydrogen-bond acceptors (Lipinski definition) is 5. The fraction of sp³-hybridized carbons (Fsp3) is 0.278. The molecule has 2 aromatic rings. The summed E-state index contributed by atoms with van der Waals surface area (Å²) in [5.74, 6) is -1.30. The summed E-state index contributed by atoms with van der Waals surface area (Å²) in [7, 11) is 0. The third kappa shape index (κ3) is 3.02. The number of carbonyl (C=O) groups is 3. The number of para-hydroxylation sites is 2. The molecule has 1 aromatic carbocycles. The van der Waals surface area contributed by atoms with Crippen LogP contribution in [0, 0.1) is 0 Å². The molecule has 1 aromatic heterocycles. The lowest BCUT2D eigenvalue weighted by Crippen LogP contribution is -2.60. The van der Waals surface area contributed by atoms with Gasteiger partial charge in [0.25, 0.3) is 5.91 Å². The summed E-state index contributed by atoms with van der Waals surface area (Å²) in [5, 5.41) is 6.22. The van der Waals surface area contributed by atoms with Crippen LogP contribution < -0.4 is 10.2 Å². The van der Waals surface area contributed by atoms with Gasteiger partial charge in [0.15, 0.2) is 6.10 Å². The summed E-state index contributed by atoms with van der Waals surface area (Å²) < 4.78 is 5.30. The van der Waals surface area contributed by atoms with E-state index in [1.54, 1.807) is 54.9 Å². The number of fused-ring (bicyclic) bond motifs is 1. The third-order valence-corrected chi connectivity index (χ3v) is 4.80. The molecule has 6 nitrogen and oxygen atoms in total. The number of esters is 1. The summed E-state index contributed by atoms with van der Waals surface area (Å²) in [6.07, 6.45) is -1.02. The molecule has 0 saturated heterocycles. The Balaban J connectivity index is 1.89. The first-order chi connectivity index (χ1) is 11.8. The van der Waals surface area contributed by atoms with E-state index in [2.05, 4.69) is 5.32 Å². The van der Waals surface area contributed by atoms with Crippen LogP contribution in [0.25, 0.3) is 0 Å². The molecule has 25 heavy (non-hydrogen) atoms. The highest BCUT2D eigenvalue weighted by Crippen LogP contribution is 2.37. The zero-order valence-electron chi connectivity index (χ0n) is 14.1. The van der Waals surface area contributed by atoms with Crippen molar-refractivity contribution in [3.8, 4) is 0 Å². The molecule has 0 aliphatic carbocycles. The van der Waals surface area contributed by atoms with Crippen molar-refractivity contribution < 1.29 is 19.1 Å². The van der Waals surface area contributed by atoms with Crippen LogP contribution in [0.15, 0.2) is 41.1 Å². The minimum Gasteiger partial charge on any atom is -0.449 e. The van der Waals surface area contributed by atoms with Gasteiger partial charge in [-0.05, 0) is 44.4 Å². The van der Waals surface area contributed by atoms with Crippen LogP contribution in [0.4, 0.5) is 11.4 Å². The molecule has 0 saturated carbocycles. The number of thiophene rings is 1. The van der Waals surface area contributed by atoms with Crippen LogP contribution in [0.1, 0.15) is 31.1 Å². The van der Waals surface area contributed by atoms with Crippen molar-refractivity contribution in [2.24, 2.45) is 0 Å². The van der Waals surface area contributed by atoms with E-state index in [4.69, 9.17) is 4.74 Å². The predicted molar refractivity (Wildman–Crippen MR) is 95.8 cm³/mol. The van der Waals surface area contributed by atoms with Gasteiger partial charge < -0.3 is 10.1 Å². The van der Waals surface area contributed by atoms with Gasteiger partial charge in [-0.25, -0.2) is 4.79 Å². The van der Waals surface area contributed by atoms with Crippen LogP contribution in [-0.4, -0.2) is 29.4 Å². The second-order valence-corrected chi connectivity index (χ2v) is 7.04. The maximum atomic E-state index is 13.0. The predicted octanol–water partition coefficient (Wildman–Crippen LogP) is 3.06. The molecule has 0 spiro atoms. The van der Waals surface area contributed by atoms with Crippen molar-refractivity contribution >= 4 is 40.5 Å². The van der Waals surface area contributed by atoms with Gasteiger partial charge in [0.2, 0.25) is 5.91 Å². The zero-order chi connectivity index (χ0) is 18.2. The first kappa shape index (κ1) is 17.2. The normalized spacial score (nSPS) is 16.6. The van der Waals surface area contributed by atoms with E-state index in [0.29, 0.717) is 16.9 Å². The lowest BCUT2D eigenvalue weighted by molar-refractivity contribution is -0.131. The second kappa shape index (κ2) is 6.33. The molecule has 3 rings (SSSR count). The number of ether oxygens (including phenoxy) is 1. The van der Waals surface area contributed by atoms with Gasteiger partial charge in [0.1, 0.15) is 5.54 Å². The first-order valence-corrected chi connectivity index (χ1v) is 8.74. The number of nitrogens with one attached hydrogen (secondary N) is 1. The monoisotopic (exact) mass is 358 g/mol. The number of hydrogen-bond donors (Lipinski definition) is 1. The van der Waals surface area contributed by atoms with Crippen molar-refractivity contribution in [3.63, 3.8) is 0 Å². The Morgan fingerprint density at radius 3 is 2.64 bits per heavy atom. The number of rotatable bonds is 3. The lowest BCUT2D eigenvalue weighted by Gasteiger charge is -2.42. The average molecular weight is 358 g/mol. The Morgan fingerprint density at radius 1 is 1.24 bits per heavy atom. The molecule has 0 unspecified atom stereocenters. The number of amides is 2. The Bertz CT molecular complexity index is 829.